The van der Waals surface area contributed by atoms with Crippen molar-refractivity contribution in [1.29, 1.82) is 0 Å². The topological polar surface area (TPSA) is 49.3 Å². The third kappa shape index (κ3) is 3.90. The summed E-state index contributed by atoms with van der Waals surface area (Å²) in [6, 6.07) is 14.4. The lowest BCUT2D eigenvalue weighted by Crippen LogP contribution is -2.61. The molecule has 3 aromatic rings. The van der Waals surface area contributed by atoms with Gasteiger partial charge in [-0.2, -0.15) is 0 Å². The summed E-state index contributed by atoms with van der Waals surface area (Å²) in [6.07, 6.45) is 5.40. The highest BCUT2D eigenvalue weighted by Crippen LogP contribution is 2.24. The van der Waals surface area contributed by atoms with Crippen molar-refractivity contribution in [3.05, 3.63) is 72.3 Å². The number of rotatable bonds is 6. The Bertz CT molecular complexity index is 946. The smallest absolute Gasteiger partial charge is 0.273 e. The fourth-order valence-corrected chi connectivity index (χ4v) is 3.83. The quantitative estimate of drug-likeness (QED) is 0.661. The molecule has 0 bridgehead atoms. The number of likely N-dealkylation sites (tertiary alicyclic amines) is 1. The van der Waals surface area contributed by atoms with Crippen LogP contribution in [-0.2, 0) is 6.54 Å². The zero-order chi connectivity index (χ0) is 19.5. The number of hydrogen-bond donors (Lipinski definition) is 0. The van der Waals surface area contributed by atoms with Gasteiger partial charge < -0.3 is 4.90 Å². The Hall–Kier alpha value is -2.79. The first kappa shape index (κ1) is 18.6. The minimum Gasteiger partial charge on any atom is -0.334 e. The van der Waals surface area contributed by atoms with Crippen molar-refractivity contribution in [3.63, 3.8) is 0 Å². The summed E-state index contributed by atoms with van der Waals surface area (Å²) < 4.78 is 0. The van der Waals surface area contributed by atoms with Gasteiger partial charge in [0.25, 0.3) is 5.91 Å². The maximum Gasteiger partial charge on any atom is 0.273 e. The Morgan fingerprint density at radius 2 is 1.86 bits per heavy atom. The molecule has 1 fully saturated rings. The molecule has 4 rings (SSSR count). The van der Waals surface area contributed by atoms with Crippen molar-refractivity contribution < 1.29 is 4.79 Å². The molecule has 144 valence electrons. The van der Waals surface area contributed by atoms with E-state index >= 15 is 0 Å². The van der Waals surface area contributed by atoms with Crippen molar-refractivity contribution in [3.8, 4) is 0 Å². The monoisotopic (exact) mass is 374 g/mol. The maximum atomic E-state index is 13.0. The molecule has 2 aromatic heterocycles. The van der Waals surface area contributed by atoms with Crippen molar-refractivity contribution in [2.45, 2.75) is 26.4 Å². The fourth-order valence-electron chi connectivity index (χ4n) is 3.83. The van der Waals surface area contributed by atoms with Gasteiger partial charge in [-0.05, 0) is 35.1 Å². The molecule has 3 heterocycles. The number of nitrogens with zero attached hydrogens (tertiary/aromatic N) is 4. The van der Waals surface area contributed by atoms with Gasteiger partial charge in [0.1, 0.15) is 5.69 Å². The van der Waals surface area contributed by atoms with Gasteiger partial charge in [0, 0.05) is 56.2 Å². The number of carbonyl (C=O) groups is 1. The third-order valence-corrected chi connectivity index (χ3v) is 5.28. The van der Waals surface area contributed by atoms with Gasteiger partial charge in [-0.25, -0.2) is 0 Å². The standard InChI is InChI=1S/C23H26N4O/c1-17(2)13-26(14-18-7-10-24-11-8-18)20-15-27(16-20)23(28)22-21-6-4-3-5-19(21)9-12-25-22/h3-12,17,20H,13-16H2,1-2H3. The van der Waals surface area contributed by atoms with Crippen LogP contribution in [0.4, 0.5) is 0 Å². The number of carbonyl (C=O) groups excluding carboxylic acids is 1. The van der Waals surface area contributed by atoms with Gasteiger partial charge >= 0.3 is 0 Å². The molecule has 1 saturated heterocycles. The molecular formula is C23H26N4O. The van der Waals surface area contributed by atoms with E-state index in [4.69, 9.17) is 0 Å². The molecule has 0 atom stereocenters. The van der Waals surface area contributed by atoms with Crippen LogP contribution in [0.1, 0.15) is 29.9 Å². The van der Waals surface area contributed by atoms with Crippen molar-refractivity contribution in [1.82, 2.24) is 19.8 Å². The highest BCUT2D eigenvalue weighted by Gasteiger charge is 2.36. The SMILES string of the molecule is CC(C)CN(Cc1ccncc1)C1CN(C(=O)c2nccc3ccccc23)C1. The van der Waals surface area contributed by atoms with E-state index in [9.17, 15) is 4.79 Å². The van der Waals surface area contributed by atoms with E-state index in [1.54, 1.807) is 6.20 Å². The summed E-state index contributed by atoms with van der Waals surface area (Å²) in [6.45, 7) is 7.88. The van der Waals surface area contributed by atoms with Gasteiger partial charge in [-0.3, -0.25) is 19.7 Å². The van der Waals surface area contributed by atoms with Crippen LogP contribution in [0.2, 0.25) is 0 Å². The normalized spacial score (nSPS) is 14.6. The summed E-state index contributed by atoms with van der Waals surface area (Å²) in [4.78, 5) is 25.9. The van der Waals surface area contributed by atoms with E-state index in [0.717, 1.165) is 37.0 Å². The summed E-state index contributed by atoms with van der Waals surface area (Å²) in [7, 11) is 0. The van der Waals surface area contributed by atoms with Gasteiger partial charge in [0.05, 0.1) is 0 Å². The second-order valence-corrected chi connectivity index (χ2v) is 7.92. The molecule has 5 heteroatoms. The molecule has 5 nitrogen and oxygen atoms in total. The predicted octanol–water partition coefficient (Wildman–Crippen LogP) is 3.61. The number of pyridine rings is 2. The summed E-state index contributed by atoms with van der Waals surface area (Å²) in [5.41, 5.74) is 1.82. The molecule has 1 aromatic carbocycles. The van der Waals surface area contributed by atoms with Crippen molar-refractivity contribution >= 4 is 16.7 Å². The second-order valence-electron chi connectivity index (χ2n) is 7.92. The predicted molar refractivity (Wildman–Crippen MR) is 111 cm³/mol. The molecule has 1 aliphatic rings. The Kier molecular flexibility index (Phi) is 5.35. The first-order chi connectivity index (χ1) is 13.6. The molecule has 1 aliphatic heterocycles. The van der Waals surface area contributed by atoms with E-state index in [1.165, 1.54) is 5.56 Å². The molecule has 0 aliphatic carbocycles. The zero-order valence-corrected chi connectivity index (χ0v) is 16.5. The van der Waals surface area contributed by atoms with E-state index in [1.807, 2.05) is 47.6 Å². The average Bonchev–Trinajstić information content (AvgIpc) is 2.66. The summed E-state index contributed by atoms with van der Waals surface area (Å²) in [5.74, 6) is 0.604. The summed E-state index contributed by atoms with van der Waals surface area (Å²) >= 11 is 0. The van der Waals surface area contributed by atoms with E-state index in [2.05, 4.69) is 40.8 Å². The van der Waals surface area contributed by atoms with Crippen molar-refractivity contribution in [2.24, 2.45) is 5.92 Å². The third-order valence-electron chi connectivity index (χ3n) is 5.28. The maximum absolute atomic E-state index is 13.0. The molecule has 1 amide bonds. The first-order valence-corrected chi connectivity index (χ1v) is 9.88. The molecule has 0 spiro atoms. The molecule has 0 saturated carbocycles. The first-order valence-electron chi connectivity index (χ1n) is 9.88. The number of benzene rings is 1. The van der Waals surface area contributed by atoms with Gasteiger partial charge in [0.15, 0.2) is 0 Å². The van der Waals surface area contributed by atoms with Crippen molar-refractivity contribution in [2.75, 3.05) is 19.6 Å². The lowest BCUT2D eigenvalue weighted by molar-refractivity contribution is 0.0195. The Morgan fingerprint density at radius 3 is 2.61 bits per heavy atom. The van der Waals surface area contributed by atoms with Crippen LogP contribution in [-0.4, -0.2) is 51.4 Å². The van der Waals surface area contributed by atoms with Gasteiger partial charge in [-0.15, -0.1) is 0 Å². The van der Waals surface area contributed by atoms with Gasteiger partial charge in [0.2, 0.25) is 0 Å². The van der Waals surface area contributed by atoms with E-state index in [0.29, 0.717) is 17.7 Å². The highest BCUT2D eigenvalue weighted by atomic mass is 16.2. The van der Waals surface area contributed by atoms with Crippen LogP contribution in [0, 0.1) is 5.92 Å². The van der Waals surface area contributed by atoms with Crippen LogP contribution >= 0.6 is 0 Å². The Balaban J connectivity index is 1.46. The largest absolute Gasteiger partial charge is 0.334 e. The Morgan fingerprint density at radius 1 is 1.11 bits per heavy atom. The minimum atomic E-state index is 0.0291. The molecule has 0 unspecified atom stereocenters. The Labute approximate surface area is 166 Å². The lowest BCUT2D eigenvalue weighted by atomic mass is 10.0. The molecular weight excluding hydrogens is 348 g/mol. The minimum absolute atomic E-state index is 0.0291. The highest BCUT2D eigenvalue weighted by molar-refractivity contribution is 6.05. The second kappa shape index (κ2) is 8.07. The summed E-state index contributed by atoms with van der Waals surface area (Å²) in [5, 5.41) is 1.98. The zero-order valence-electron chi connectivity index (χ0n) is 16.5. The number of fused-ring (bicyclic) bond motifs is 1. The number of amides is 1. The van der Waals surface area contributed by atoms with Crippen LogP contribution in [0.3, 0.4) is 0 Å². The van der Waals surface area contributed by atoms with Crippen LogP contribution in [0.25, 0.3) is 10.8 Å². The molecule has 28 heavy (non-hydrogen) atoms. The fraction of sp³-hybridized carbons (Fsp3) is 0.348. The lowest BCUT2D eigenvalue weighted by Gasteiger charge is -2.46. The van der Waals surface area contributed by atoms with Crippen LogP contribution in [0.15, 0.2) is 61.1 Å². The molecule has 0 radical (unpaired) electrons. The van der Waals surface area contributed by atoms with E-state index in [-0.39, 0.29) is 5.91 Å². The number of hydrogen-bond acceptors (Lipinski definition) is 4. The van der Waals surface area contributed by atoms with E-state index < -0.39 is 0 Å². The average molecular weight is 374 g/mol. The molecule has 0 N–H and O–H groups in total. The van der Waals surface area contributed by atoms with Crippen LogP contribution < -0.4 is 0 Å². The van der Waals surface area contributed by atoms with Crippen LogP contribution in [0.5, 0.6) is 0 Å². The van der Waals surface area contributed by atoms with Gasteiger partial charge in [-0.1, -0.05) is 38.1 Å². The number of aromatic nitrogens is 2.